The Morgan fingerprint density at radius 1 is 0.958 bits per heavy atom. The molecule has 1 N–H and O–H groups in total. The first-order valence-corrected chi connectivity index (χ1v) is 9.47. The molecule has 1 rings (SSSR count). The monoisotopic (exact) mass is 341 g/mol. The summed E-state index contributed by atoms with van der Waals surface area (Å²) in [5.41, 5.74) is -0.407. The molecule has 5 heteroatoms. The van der Waals surface area contributed by atoms with Gasteiger partial charge in [0.15, 0.2) is 0 Å². The third-order valence-corrected chi connectivity index (χ3v) is 4.36. The molecule has 0 radical (unpaired) electrons. The molecular weight excluding hydrogens is 306 g/mol. The van der Waals surface area contributed by atoms with Gasteiger partial charge in [-0.25, -0.2) is 4.79 Å². The van der Waals surface area contributed by atoms with Gasteiger partial charge in [-0.15, -0.1) is 0 Å². The number of likely N-dealkylation sites (tertiary alicyclic amines) is 1. The van der Waals surface area contributed by atoms with E-state index in [-0.39, 0.29) is 6.09 Å². The maximum atomic E-state index is 11.8. The largest absolute Gasteiger partial charge is 0.481 e. The lowest BCUT2D eigenvalue weighted by Crippen LogP contribution is -2.51. The van der Waals surface area contributed by atoms with Gasteiger partial charge in [0.1, 0.15) is 5.60 Å². The van der Waals surface area contributed by atoms with Crippen molar-refractivity contribution in [3.05, 3.63) is 0 Å². The minimum atomic E-state index is -0.684. The van der Waals surface area contributed by atoms with Crippen LogP contribution in [0.25, 0.3) is 0 Å². The zero-order chi connectivity index (χ0) is 18.0. The molecule has 140 valence electrons. The highest BCUT2D eigenvalue weighted by Gasteiger charge is 2.32. The van der Waals surface area contributed by atoms with Crippen LogP contribution >= 0.6 is 0 Å². The quantitative estimate of drug-likeness (QED) is 0.546. The number of nitrogens with zero attached hydrogens (tertiary/aromatic N) is 1. The molecule has 1 amide bonds. The van der Waals surface area contributed by atoms with Gasteiger partial charge in [0, 0.05) is 19.5 Å². The van der Waals surface area contributed by atoms with Crippen LogP contribution in [0.3, 0.4) is 0 Å². The van der Waals surface area contributed by atoms with Crippen molar-refractivity contribution in [3.63, 3.8) is 0 Å². The molecule has 0 atom stereocenters. The van der Waals surface area contributed by atoms with Crippen molar-refractivity contribution in [2.24, 2.45) is 5.92 Å². The molecule has 0 aromatic rings. The number of hydrogen-bond donors (Lipinski definition) is 1. The molecule has 0 bridgehead atoms. The number of hydrogen-bond acceptors (Lipinski definition) is 3. The van der Waals surface area contributed by atoms with E-state index in [4.69, 9.17) is 9.84 Å². The molecule has 1 aliphatic heterocycles. The van der Waals surface area contributed by atoms with Crippen LogP contribution in [0.15, 0.2) is 0 Å². The molecule has 0 saturated carbocycles. The Balaban J connectivity index is 1.87. The molecule has 1 heterocycles. The van der Waals surface area contributed by atoms with Crippen LogP contribution in [0.4, 0.5) is 4.79 Å². The summed E-state index contributed by atoms with van der Waals surface area (Å²) < 4.78 is 5.36. The first-order valence-electron chi connectivity index (χ1n) is 9.47. The maximum absolute atomic E-state index is 11.8. The lowest BCUT2D eigenvalue weighted by atomic mass is 9.93. The second kappa shape index (κ2) is 10.6. The SMILES string of the molecule is CC(C)(C)OC(=O)N1CC(CCCCCCCCCCC(=O)O)C1. The molecule has 0 spiro atoms. The van der Waals surface area contributed by atoms with Crippen molar-refractivity contribution < 1.29 is 19.4 Å². The van der Waals surface area contributed by atoms with Crippen LogP contribution < -0.4 is 0 Å². The summed E-state index contributed by atoms with van der Waals surface area (Å²) in [6.07, 6.45) is 10.6. The summed E-state index contributed by atoms with van der Waals surface area (Å²) in [5.74, 6) is -0.0373. The van der Waals surface area contributed by atoms with Gasteiger partial charge < -0.3 is 14.7 Å². The Bertz CT molecular complexity index is 383. The molecule has 24 heavy (non-hydrogen) atoms. The number of carboxylic acids is 1. The Morgan fingerprint density at radius 3 is 1.96 bits per heavy atom. The first kappa shape index (κ1) is 20.8. The average molecular weight is 341 g/mol. The fourth-order valence-corrected chi connectivity index (χ4v) is 3.00. The molecule has 0 aliphatic carbocycles. The van der Waals surface area contributed by atoms with Gasteiger partial charge in [0.25, 0.3) is 0 Å². The van der Waals surface area contributed by atoms with Crippen molar-refractivity contribution in [2.45, 2.75) is 90.6 Å². The fourth-order valence-electron chi connectivity index (χ4n) is 3.00. The van der Waals surface area contributed by atoms with Crippen LogP contribution in [0.2, 0.25) is 0 Å². The van der Waals surface area contributed by atoms with E-state index in [1.807, 2.05) is 20.8 Å². The van der Waals surface area contributed by atoms with Crippen LogP contribution in [0.1, 0.15) is 85.0 Å². The van der Waals surface area contributed by atoms with Gasteiger partial charge >= 0.3 is 12.1 Å². The standard InChI is InChI=1S/C19H35NO4/c1-19(2,3)24-18(23)20-14-16(15-20)12-10-8-6-4-5-7-9-11-13-17(21)22/h16H,4-15H2,1-3H3,(H,21,22). The molecule has 0 aromatic heterocycles. The zero-order valence-corrected chi connectivity index (χ0v) is 15.7. The summed E-state index contributed by atoms with van der Waals surface area (Å²) >= 11 is 0. The van der Waals surface area contributed by atoms with Crippen molar-refractivity contribution in [1.82, 2.24) is 4.90 Å². The number of carbonyl (C=O) groups is 2. The molecule has 1 saturated heterocycles. The summed E-state index contributed by atoms with van der Waals surface area (Å²) in [5, 5.41) is 8.55. The highest BCUT2D eigenvalue weighted by atomic mass is 16.6. The number of aliphatic carboxylic acids is 1. The first-order chi connectivity index (χ1) is 11.3. The van der Waals surface area contributed by atoms with Crippen LogP contribution in [0.5, 0.6) is 0 Å². The van der Waals surface area contributed by atoms with E-state index in [0.717, 1.165) is 32.4 Å². The number of rotatable bonds is 11. The molecule has 1 aliphatic rings. The summed E-state index contributed by atoms with van der Waals surface area (Å²) in [4.78, 5) is 24.0. The molecule has 0 unspecified atom stereocenters. The van der Waals surface area contributed by atoms with Crippen LogP contribution in [-0.2, 0) is 9.53 Å². The predicted octanol–water partition coefficient (Wildman–Crippen LogP) is 4.84. The van der Waals surface area contributed by atoms with Crippen LogP contribution in [0, 0.1) is 5.92 Å². The second-order valence-corrected chi connectivity index (χ2v) is 8.01. The number of carboxylic acid groups (broad SMARTS) is 1. The third-order valence-electron chi connectivity index (χ3n) is 4.36. The van der Waals surface area contributed by atoms with Crippen molar-refractivity contribution in [1.29, 1.82) is 0 Å². The highest BCUT2D eigenvalue weighted by Crippen LogP contribution is 2.24. The fraction of sp³-hybridized carbons (Fsp3) is 0.895. The zero-order valence-electron chi connectivity index (χ0n) is 15.7. The molecular formula is C19H35NO4. The number of ether oxygens (including phenoxy) is 1. The van der Waals surface area contributed by atoms with E-state index < -0.39 is 11.6 Å². The molecule has 1 fully saturated rings. The minimum absolute atomic E-state index is 0.179. The van der Waals surface area contributed by atoms with Gasteiger partial charge in [-0.05, 0) is 39.5 Å². The third kappa shape index (κ3) is 9.78. The Labute approximate surface area is 146 Å². The van der Waals surface area contributed by atoms with Crippen molar-refractivity contribution >= 4 is 12.1 Å². The van der Waals surface area contributed by atoms with Crippen molar-refractivity contribution in [2.75, 3.05) is 13.1 Å². The van der Waals surface area contributed by atoms with Gasteiger partial charge in [-0.1, -0.05) is 44.9 Å². The summed E-state index contributed by atoms with van der Waals surface area (Å²) in [6.45, 7) is 7.38. The topological polar surface area (TPSA) is 66.8 Å². The van der Waals surface area contributed by atoms with Gasteiger partial charge in [-0.2, -0.15) is 0 Å². The van der Waals surface area contributed by atoms with E-state index in [9.17, 15) is 9.59 Å². The lowest BCUT2D eigenvalue weighted by Gasteiger charge is -2.39. The number of carbonyl (C=O) groups excluding carboxylic acids is 1. The second-order valence-electron chi connectivity index (χ2n) is 8.01. The van der Waals surface area contributed by atoms with E-state index in [1.54, 1.807) is 4.90 Å². The smallest absolute Gasteiger partial charge is 0.410 e. The number of amides is 1. The Hall–Kier alpha value is -1.26. The average Bonchev–Trinajstić information content (AvgIpc) is 2.40. The normalized spacial score (nSPS) is 15.2. The van der Waals surface area contributed by atoms with Gasteiger partial charge in [0.05, 0.1) is 0 Å². The van der Waals surface area contributed by atoms with Crippen LogP contribution in [-0.4, -0.2) is 40.8 Å². The predicted molar refractivity (Wildman–Crippen MR) is 95.1 cm³/mol. The van der Waals surface area contributed by atoms with Gasteiger partial charge in [-0.3, -0.25) is 4.79 Å². The van der Waals surface area contributed by atoms with E-state index in [0.29, 0.717) is 12.3 Å². The van der Waals surface area contributed by atoms with Crippen molar-refractivity contribution in [3.8, 4) is 0 Å². The maximum Gasteiger partial charge on any atom is 0.410 e. The van der Waals surface area contributed by atoms with Gasteiger partial charge in [0.2, 0.25) is 0 Å². The minimum Gasteiger partial charge on any atom is -0.481 e. The highest BCUT2D eigenvalue weighted by molar-refractivity contribution is 5.69. The van der Waals surface area contributed by atoms with E-state index in [2.05, 4.69) is 0 Å². The number of unbranched alkanes of at least 4 members (excludes halogenated alkanes) is 7. The Morgan fingerprint density at radius 2 is 1.46 bits per heavy atom. The van der Waals surface area contributed by atoms with E-state index in [1.165, 1.54) is 38.5 Å². The van der Waals surface area contributed by atoms with E-state index >= 15 is 0 Å². The molecule has 5 nitrogen and oxygen atoms in total. The Kier molecular flexibility index (Phi) is 9.16. The summed E-state index contributed by atoms with van der Waals surface area (Å²) in [6, 6.07) is 0. The summed E-state index contributed by atoms with van der Waals surface area (Å²) in [7, 11) is 0. The molecule has 0 aromatic carbocycles. The lowest BCUT2D eigenvalue weighted by molar-refractivity contribution is -0.137.